The second kappa shape index (κ2) is 10.9. The van der Waals surface area contributed by atoms with Crippen LogP contribution in [0.4, 0.5) is 9.52 Å². The monoisotopic (exact) mass is 524 g/mol. The van der Waals surface area contributed by atoms with Crippen molar-refractivity contribution in [1.29, 1.82) is 0 Å². The lowest BCUT2D eigenvalue weighted by molar-refractivity contribution is -0.132. The molecule has 0 radical (unpaired) electrons. The van der Waals surface area contributed by atoms with Crippen molar-refractivity contribution in [3.8, 4) is 5.75 Å². The van der Waals surface area contributed by atoms with Crippen LogP contribution in [0.15, 0.2) is 54.1 Å². The predicted molar refractivity (Wildman–Crippen MR) is 136 cm³/mol. The number of aryl methyl sites for hydroxylation is 1. The number of hydrogen-bond donors (Lipinski definition) is 1. The molecule has 37 heavy (non-hydrogen) atoms. The van der Waals surface area contributed by atoms with Gasteiger partial charge in [-0.2, -0.15) is 0 Å². The topological polar surface area (TPSA) is 106 Å². The smallest absolute Gasteiger partial charge is 0.350 e. The molecule has 3 aromatic rings. The minimum Gasteiger partial charge on any atom is -0.507 e. The fourth-order valence-corrected chi connectivity index (χ4v) is 4.96. The summed E-state index contributed by atoms with van der Waals surface area (Å²) in [5, 5.41) is 11.2. The molecule has 1 atom stereocenters. The highest BCUT2D eigenvalue weighted by Crippen LogP contribution is 2.44. The van der Waals surface area contributed by atoms with E-state index in [4.69, 9.17) is 9.47 Å². The van der Waals surface area contributed by atoms with E-state index in [1.165, 1.54) is 18.2 Å². The number of Topliss-reactive ketones (excluding diaryl/α,β-unsaturated/α-hetero) is 1. The van der Waals surface area contributed by atoms with Gasteiger partial charge in [0, 0.05) is 11.1 Å². The molecule has 1 aliphatic rings. The fourth-order valence-electron chi connectivity index (χ4n) is 3.98. The fraction of sp³-hybridized carbons (Fsp3) is 0.259. The molecule has 0 unspecified atom stereocenters. The summed E-state index contributed by atoms with van der Waals surface area (Å²) in [6.45, 7) is 5.87. The number of carbonyl (C=O) groups is 3. The van der Waals surface area contributed by atoms with Crippen molar-refractivity contribution in [2.45, 2.75) is 33.2 Å². The molecule has 0 saturated carbocycles. The summed E-state index contributed by atoms with van der Waals surface area (Å²) in [5.74, 6) is -3.17. The lowest BCUT2D eigenvalue weighted by Crippen LogP contribution is -2.29. The van der Waals surface area contributed by atoms with E-state index in [0.717, 1.165) is 22.7 Å². The molecule has 0 bridgehead atoms. The Morgan fingerprint density at radius 3 is 2.49 bits per heavy atom. The van der Waals surface area contributed by atoms with Crippen molar-refractivity contribution in [2.75, 3.05) is 18.1 Å². The Bertz CT molecular complexity index is 1380. The molecular formula is C27H25FN2O6S. The van der Waals surface area contributed by atoms with Gasteiger partial charge in [0.05, 0.1) is 24.5 Å². The van der Waals surface area contributed by atoms with E-state index >= 15 is 4.39 Å². The number of ether oxygens (including phenoxy) is 2. The van der Waals surface area contributed by atoms with Crippen molar-refractivity contribution >= 4 is 39.9 Å². The predicted octanol–water partition coefficient (Wildman–Crippen LogP) is 5.18. The van der Waals surface area contributed by atoms with Crippen LogP contribution < -0.4 is 9.64 Å². The minimum atomic E-state index is -1.31. The second-order valence-electron chi connectivity index (χ2n) is 8.19. The van der Waals surface area contributed by atoms with E-state index in [1.807, 2.05) is 6.92 Å². The number of aromatic nitrogens is 1. The number of carbonyl (C=O) groups excluding carboxylic acids is 3. The van der Waals surface area contributed by atoms with Crippen LogP contribution in [0.2, 0.25) is 0 Å². The maximum Gasteiger partial charge on any atom is 0.350 e. The summed E-state index contributed by atoms with van der Waals surface area (Å²) in [4.78, 5) is 44.4. The molecule has 1 fully saturated rings. The van der Waals surface area contributed by atoms with Crippen molar-refractivity contribution in [1.82, 2.24) is 4.98 Å². The molecule has 0 aliphatic carbocycles. The zero-order chi connectivity index (χ0) is 26.7. The molecule has 1 N–H and O–H groups in total. The molecule has 4 rings (SSSR count). The third-order valence-electron chi connectivity index (χ3n) is 5.70. The van der Waals surface area contributed by atoms with Crippen LogP contribution in [-0.4, -0.2) is 41.0 Å². The van der Waals surface area contributed by atoms with Gasteiger partial charge in [-0.15, -0.1) is 0 Å². The number of thiazole rings is 1. The number of esters is 1. The largest absolute Gasteiger partial charge is 0.507 e. The highest BCUT2D eigenvalue weighted by molar-refractivity contribution is 7.17. The number of ketones is 1. The maximum atomic E-state index is 15.0. The Hall–Kier alpha value is -4.05. The van der Waals surface area contributed by atoms with Gasteiger partial charge in [-0.1, -0.05) is 36.5 Å². The first kappa shape index (κ1) is 26.0. The van der Waals surface area contributed by atoms with Gasteiger partial charge >= 0.3 is 11.9 Å². The van der Waals surface area contributed by atoms with Gasteiger partial charge in [-0.25, -0.2) is 14.2 Å². The normalized spacial score (nSPS) is 16.8. The van der Waals surface area contributed by atoms with Crippen LogP contribution >= 0.6 is 11.3 Å². The van der Waals surface area contributed by atoms with E-state index in [9.17, 15) is 19.5 Å². The van der Waals surface area contributed by atoms with Gasteiger partial charge in [0.15, 0.2) is 5.13 Å². The number of anilines is 1. The number of aliphatic hydroxyl groups excluding tert-OH is 1. The van der Waals surface area contributed by atoms with E-state index in [1.54, 1.807) is 44.2 Å². The summed E-state index contributed by atoms with van der Waals surface area (Å²) in [6.07, 6.45) is 0.821. The molecule has 2 heterocycles. The van der Waals surface area contributed by atoms with E-state index in [-0.39, 0.29) is 33.3 Å². The van der Waals surface area contributed by atoms with Gasteiger partial charge in [-0.05, 0) is 50.6 Å². The van der Waals surface area contributed by atoms with E-state index in [2.05, 4.69) is 4.98 Å². The Balaban J connectivity index is 1.86. The van der Waals surface area contributed by atoms with E-state index < -0.39 is 35.3 Å². The molecule has 8 nitrogen and oxygen atoms in total. The number of hydrogen-bond acceptors (Lipinski definition) is 8. The zero-order valence-corrected chi connectivity index (χ0v) is 21.3. The summed E-state index contributed by atoms with van der Waals surface area (Å²) in [5.41, 5.74) is 0.264. The molecule has 1 aliphatic heterocycles. The van der Waals surface area contributed by atoms with Gasteiger partial charge in [0.25, 0.3) is 5.78 Å². The van der Waals surface area contributed by atoms with Gasteiger partial charge < -0.3 is 14.6 Å². The molecule has 10 heteroatoms. The van der Waals surface area contributed by atoms with Gasteiger partial charge in [-0.3, -0.25) is 14.5 Å². The number of nitrogens with zero attached hydrogens (tertiary/aromatic N) is 2. The van der Waals surface area contributed by atoms with Crippen LogP contribution in [0.25, 0.3) is 5.76 Å². The van der Waals surface area contributed by atoms with Crippen LogP contribution in [-0.2, 0) is 14.3 Å². The first-order valence-corrected chi connectivity index (χ1v) is 12.5. The van der Waals surface area contributed by atoms with Crippen molar-refractivity contribution in [3.05, 3.63) is 81.6 Å². The summed E-state index contributed by atoms with van der Waals surface area (Å²) < 4.78 is 25.7. The van der Waals surface area contributed by atoms with Crippen molar-refractivity contribution in [2.24, 2.45) is 0 Å². The third-order valence-corrected chi connectivity index (χ3v) is 6.83. The number of aliphatic hydroxyl groups is 1. The standard InChI is InChI=1S/C27H25FN2O6S/c1-4-14-36-17-12-10-16(11-13-17)22(31)20-21(18-8-6-7-9-19(18)28)30(25(33)23(20)32)27-29-15(3)24(37-27)26(34)35-5-2/h6-13,21,31H,4-5,14H2,1-3H3/t21-/m1/s1. The average Bonchev–Trinajstić information content (AvgIpc) is 3.39. The lowest BCUT2D eigenvalue weighted by atomic mass is 9.95. The summed E-state index contributed by atoms with van der Waals surface area (Å²) >= 11 is 0.858. The van der Waals surface area contributed by atoms with Crippen molar-refractivity contribution in [3.63, 3.8) is 0 Å². The number of amides is 1. The third kappa shape index (κ3) is 4.97. The molecular weight excluding hydrogens is 499 g/mol. The maximum absolute atomic E-state index is 15.0. The number of rotatable bonds is 8. The minimum absolute atomic E-state index is 0.00307. The second-order valence-corrected chi connectivity index (χ2v) is 9.17. The Kier molecular flexibility index (Phi) is 7.68. The lowest BCUT2D eigenvalue weighted by Gasteiger charge is -2.23. The van der Waals surface area contributed by atoms with E-state index in [0.29, 0.717) is 18.1 Å². The SMILES string of the molecule is CCCOc1ccc(C(O)=C2C(=O)C(=O)N(c3nc(C)c(C(=O)OCC)s3)[C@@H]2c2ccccc2F)cc1. The Morgan fingerprint density at radius 1 is 1.14 bits per heavy atom. The highest BCUT2D eigenvalue weighted by atomic mass is 32.1. The summed E-state index contributed by atoms with van der Waals surface area (Å²) in [7, 11) is 0. The van der Waals surface area contributed by atoms with Crippen LogP contribution in [0.3, 0.4) is 0 Å². The molecule has 1 saturated heterocycles. The molecule has 2 aromatic carbocycles. The molecule has 192 valence electrons. The van der Waals surface area contributed by atoms with Crippen LogP contribution in [0.5, 0.6) is 5.75 Å². The Morgan fingerprint density at radius 2 is 1.84 bits per heavy atom. The molecule has 1 aromatic heterocycles. The van der Waals surface area contributed by atoms with Gasteiger partial charge in [0.2, 0.25) is 0 Å². The Labute approximate surface area is 217 Å². The molecule has 1 amide bonds. The number of benzene rings is 2. The molecule has 0 spiro atoms. The first-order valence-electron chi connectivity index (χ1n) is 11.7. The summed E-state index contributed by atoms with van der Waals surface area (Å²) in [6, 6.07) is 10.7. The number of halogens is 1. The highest BCUT2D eigenvalue weighted by Gasteiger charge is 2.49. The quantitative estimate of drug-likeness (QED) is 0.187. The van der Waals surface area contributed by atoms with Crippen LogP contribution in [0, 0.1) is 12.7 Å². The average molecular weight is 525 g/mol. The van der Waals surface area contributed by atoms with Crippen molar-refractivity contribution < 1.29 is 33.4 Å². The van der Waals surface area contributed by atoms with Crippen LogP contribution in [0.1, 0.15) is 52.8 Å². The zero-order valence-electron chi connectivity index (χ0n) is 20.5. The van der Waals surface area contributed by atoms with Gasteiger partial charge in [0.1, 0.15) is 28.2 Å². The first-order chi connectivity index (χ1) is 17.8.